The molecule has 1 unspecified atom stereocenters. The molecule has 7 heteroatoms. The molecule has 1 aliphatic rings. The average Bonchev–Trinajstić information content (AvgIpc) is 2.38. The van der Waals surface area contributed by atoms with Crippen LogP contribution in [0.5, 0.6) is 0 Å². The molecule has 2 rings (SSSR count). The molecule has 0 aliphatic carbocycles. The first-order valence-corrected chi connectivity index (χ1v) is 6.49. The van der Waals surface area contributed by atoms with Crippen LogP contribution in [0.4, 0.5) is 11.5 Å². The van der Waals surface area contributed by atoms with Crippen molar-refractivity contribution in [2.24, 2.45) is 0 Å². The number of pyridine rings is 1. The summed E-state index contributed by atoms with van der Waals surface area (Å²) < 4.78 is 0. The van der Waals surface area contributed by atoms with Crippen LogP contribution in [0, 0.1) is 17.0 Å². The van der Waals surface area contributed by atoms with E-state index in [1.807, 2.05) is 0 Å². The maximum atomic E-state index is 11.6. The van der Waals surface area contributed by atoms with Crippen molar-refractivity contribution < 1.29 is 14.8 Å². The van der Waals surface area contributed by atoms with Crippen molar-refractivity contribution in [3.63, 3.8) is 0 Å². The number of anilines is 1. The third kappa shape index (κ3) is 2.31. The van der Waals surface area contributed by atoms with E-state index in [9.17, 15) is 20.0 Å². The van der Waals surface area contributed by atoms with Gasteiger partial charge >= 0.3 is 11.7 Å². The highest BCUT2D eigenvalue weighted by atomic mass is 16.6. The Balaban J connectivity index is 2.55. The standard InChI is InChI=1S/C13H17N3O4/c1-9-5-6-10(16(19)20)11(14-9)15-8-4-3-7-13(15,2)12(17)18/h5-6H,3-4,7-8H2,1-2H3,(H,17,18). The van der Waals surface area contributed by atoms with Crippen LogP contribution in [-0.4, -0.2) is 33.1 Å². The number of aromatic nitrogens is 1. The van der Waals surface area contributed by atoms with Gasteiger partial charge in [-0.2, -0.15) is 0 Å². The summed E-state index contributed by atoms with van der Waals surface area (Å²) in [6, 6.07) is 2.94. The zero-order chi connectivity index (χ0) is 14.9. The summed E-state index contributed by atoms with van der Waals surface area (Å²) in [4.78, 5) is 28.0. The molecule has 0 radical (unpaired) electrons. The highest BCUT2D eigenvalue weighted by Crippen LogP contribution is 2.36. The van der Waals surface area contributed by atoms with E-state index in [0.29, 0.717) is 18.7 Å². The number of piperidine rings is 1. The van der Waals surface area contributed by atoms with Gasteiger partial charge in [-0.05, 0) is 39.2 Å². The van der Waals surface area contributed by atoms with E-state index < -0.39 is 16.4 Å². The molecule has 20 heavy (non-hydrogen) atoms. The van der Waals surface area contributed by atoms with Gasteiger partial charge < -0.3 is 10.0 Å². The minimum absolute atomic E-state index is 0.148. The molecule has 0 aromatic carbocycles. The molecule has 0 amide bonds. The van der Waals surface area contributed by atoms with Gasteiger partial charge in [-0.25, -0.2) is 9.78 Å². The van der Waals surface area contributed by atoms with E-state index in [4.69, 9.17) is 0 Å². The number of carboxylic acid groups (broad SMARTS) is 1. The number of hydrogen-bond donors (Lipinski definition) is 1. The SMILES string of the molecule is Cc1ccc([N+](=O)[O-])c(N2CCCCC2(C)C(=O)O)n1. The lowest BCUT2D eigenvalue weighted by Gasteiger charge is -2.42. The van der Waals surface area contributed by atoms with Crippen LogP contribution in [0.3, 0.4) is 0 Å². The van der Waals surface area contributed by atoms with Crippen LogP contribution in [-0.2, 0) is 4.79 Å². The lowest BCUT2D eigenvalue weighted by molar-refractivity contribution is -0.384. The van der Waals surface area contributed by atoms with Gasteiger partial charge in [0, 0.05) is 18.3 Å². The average molecular weight is 279 g/mol. The molecule has 0 bridgehead atoms. The lowest BCUT2D eigenvalue weighted by Crippen LogP contribution is -2.56. The molecule has 1 N–H and O–H groups in total. The van der Waals surface area contributed by atoms with Crippen molar-refractivity contribution in [1.29, 1.82) is 0 Å². The molecule has 2 heterocycles. The molecule has 1 fully saturated rings. The highest BCUT2D eigenvalue weighted by Gasteiger charge is 2.44. The summed E-state index contributed by atoms with van der Waals surface area (Å²) in [7, 11) is 0. The Morgan fingerprint density at radius 3 is 2.80 bits per heavy atom. The molecule has 7 nitrogen and oxygen atoms in total. The van der Waals surface area contributed by atoms with Crippen LogP contribution in [0.1, 0.15) is 31.9 Å². The quantitative estimate of drug-likeness (QED) is 0.672. The Labute approximate surface area is 116 Å². The van der Waals surface area contributed by atoms with Gasteiger partial charge in [0.1, 0.15) is 5.54 Å². The van der Waals surface area contributed by atoms with E-state index in [2.05, 4.69) is 4.98 Å². The van der Waals surface area contributed by atoms with Gasteiger partial charge in [-0.1, -0.05) is 0 Å². The number of aryl methyl sites for hydroxylation is 1. The second-order valence-corrected chi connectivity index (χ2v) is 5.24. The second-order valence-electron chi connectivity index (χ2n) is 5.24. The van der Waals surface area contributed by atoms with Crippen LogP contribution in [0.25, 0.3) is 0 Å². The summed E-state index contributed by atoms with van der Waals surface area (Å²) in [5.41, 5.74) is -0.669. The van der Waals surface area contributed by atoms with Crippen molar-refractivity contribution >= 4 is 17.5 Å². The Bertz CT molecular complexity index is 561. The van der Waals surface area contributed by atoms with Crippen molar-refractivity contribution in [3.05, 3.63) is 27.9 Å². The van der Waals surface area contributed by atoms with Crippen LogP contribution < -0.4 is 4.90 Å². The number of carboxylic acids is 1. The van der Waals surface area contributed by atoms with Crippen LogP contribution in [0.2, 0.25) is 0 Å². The van der Waals surface area contributed by atoms with E-state index >= 15 is 0 Å². The van der Waals surface area contributed by atoms with Gasteiger partial charge in [0.15, 0.2) is 0 Å². The summed E-state index contributed by atoms with van der Waals surface area (Å²) in [6.07, 6.45) is 2.05. The highest BCUT2D eigenvalue weighted by molar-refractivity contribution is 5.84. The van der Waals surface area contributed by atoms with Gasteiger partial charge in [0.2, 0.25) is 5.82 Å². The maximum absolute atomic E-state index is 11.6. The number of nitro groups is 1. The van der Waals surface area contributed by atoms with Crippen molar-refractivity contribution in [2.75, 3.05) is 11.4 Å². The summed E-state index contributed by atoms with van der Waals surface area (Å²) in [5, 5.41) is 20.6. The second kappa shape index (κ2) is 5.07. The smallest absolute Gasteiger partial charge is 0.329 e. The molecular formula is C13H17N3O4. The van der Waals surface area contributed by atoms with E-state index in [1.54, 1.807) is 24.8 Å². The third-order valence-corrected chi connectivity index (χ3v) is 3.80. The molecule has 1 atom stereocenters. The summed E-state index contributed by atoms with van der Waals surface area (Å²) >= 11 is 0. The van der Waals surface area contributed by atoms with Gasteiger partial charge in [0.05, 0.1) is 4.92 Å². The molecule has 1 aliphatic heterocycles. The zero-order valence-electron chi connectivity index (χ0n) is 11.5. The van der Waals surface area contributed by atoms with E-state index in [1.165, 1.54) is 6.07 Å². The number of nitrogens with zero attached hydrogens (tertiary/aromatic N) is 3. The van der Waals surface area contributed by atoms with E-state index in [0.717, 1.165) is 12.8 Å². The summed E-state index contributed by atoms with van der Waals surface area (Å²) in [5.74, 6) is -0.825. The van der Waals surface area contributed by atoms with Crippen LogP contribution >= 0.6 is 0 Å². The van der Waals surface area contributed by atoms with Crippen LogP contribution in [0.15, 0.2) is 12.1 Å². The largest absolute Gasteiger partial charge is 0.480 e. The molecular weight excluding hydrogens is 262 g/mol. The fraction of sp³-hybridized carbons (Fsp3) is 0.538. The van der Waals surface area contributed by atoms with Crippen molar-refractivity contribution in [3.8, 4) is 0 Å². The van der Waals surface area contributed by atoms with Gasteiger partial charge in [-0.3, -0.25) is 10.1 Å². The Morgan fingerprint density at radius 1 is 1.50 bits per heavy atom. The topological polar surface area (TPSA) is 96.6 Å². The predicted molar refractivity (Wildman–Crippen MR) is 72.9 cm³/mol. The van der Waals surface area contributed by atoms with Gasteiger partial charge in [0.25, 0.3) is 0 Å². The van der Waals surface area contributed by atoms with Crippen molar-refractivity contribution in [2.45, 2.75) is 38.6 Å². The zero-order valence-corrected chi connectivity index (χ0v) is 11.5. The molecule has 108 valence electrons. The van der Waals surface area contributed by atoms with Crippen molar-refractivity contribution in [1.82, 2.24) is 4.98 Å². The molecule has 1 aromatic rings. The normalized spacial score (nSPS) is 22.6. The van der Waals surface area contributed by atoms with E-state index in [-0.39, 0.29) is 11.5 Å². The number of carbonyl (C=O) groups is 1. The minimum atomic E-state index is -1.15. The Kier molecular flexibility index (Phi) is 3.61. The first-order chi connectivity index (χ1) is 9.36. The predicted octanol–water partition coefficient (Wildman–Crippen LogP) is 2.13. The minimum Gasteiger partial charge on any atom is -0.480 e. The summed E-state index contributed by atoms with van der Waals surface area (Å²) in [6.45, 7) is 3.79. The molecule has 1 aromatic heterocycles. The monoisotopic (exact) mass is 279 g/mol. The fourth-order valence-corrected chi connectivity index (χ4v) is 2.56. The first kappa shape index (κ1) is 14.2. The third-order valence-electron chi connectivity index (χ3n) is 3.80. The maximum Gasteiger partial charge on any atom is 0.329 e. The van der Waals surface area contributed by atoms with Gasteiger partial charge in [-0.15, -0.1) is 0 Å². The Hall–Kier alpha value is -2.18. The number of rotatable bonds is 3. The number of aliphatic carboxylic acids is 1. The number of hydrogen-bond acceptors (Lipinski definition) is 5. The molecule has 1 saturated heterocycles. The molecule has 0 saturated carbocycles. The first-order valence-electron chi connectivity index (χ1n) is 6.49. The fourth-order valence-electron chi connectivity index (χ4n) is 2.56. The lowest BCUT2D eigenvalue weighted by atomic mass is 9.88. The molecule has 0 spiro atoms. The Morgan fingerprint density at radius 2 is 2.20 bits per heavy atom.